The fourth-order valence-corrected chi connectivity index (χ4v) is 0. The molecule has 0 bridgehead atoms. The molecule has 38 valence electrons. The Kier molecular flexibility index (Phi) is 19.2. The van der Waals surface area contributed by atoms with Gasteiger partial charge >= 0.3 is 115 Å². The van der Waals surface area contributed by atoms with E-state index in [2.05, 4.69) is 0 Å². The predicted molar refractivity (Wildman–Crippen MR) is 29.6 cm³/mol. The number of carbonyl (C=O) groups is 2. The minimum absolute atomic E-state index is 0. The van der Waals surface area contributed by atoms with E-state index in [-0.39, 0.29) is 103 Å². The van der Waals surface area contributed by atoms with Gasteiger partial charge in [-0.05, 0) is 0 Å². The van der Waals surface area contributed by atoms with Crippen molar-refractivity contribution in [2.75, 3.05) is 0 Å². The summed E-state index contributed by atoms with van der Waals surface area (Å²) in [6.07, 6.45) is 0. The molecule has 0 aliphatic rings. The molecule has 0 aliphatic carbocycles. The third-order valence-electron chi connectivity index (χ3n) is 0.183. The summed E-state index contributed by atoms with van der Waals surface area (Å²) >= 11 is 0. The second-order valence-electron chi connectivity index (χ2n) is 0.610. The van der Waals surface area contributed by atoms with Gasteiger partial charge in [0.05, 0.1) is 0 Å². The van der Waals surface area contributed by atoms with Crippen LogP contribution in [0.2, 0.25) is 0 Å². The molecule has 0 rings (SSSR count). The monoisotopic (exact) mass is 170 g/mol. The minimum atomic E-state index is -1.82. The molecule has 0 spiro atoms. The van der Waals surface area contributed by atoms with Crippen LogP contribution in [0.25, 0.3) is 0 Å². The number of rotatable bonds is 0. The zero-order chi connectivity index (χ0) is 5.15. The van der Waals surface area contributed by atoms with Crippen molar-refractivity contribution in [3.05, 3.63) is 0 Å². The first-order valence-electron chi connectivity index (χ1n) is 1.11. The second kappa shape index (κ2) is 9.21. The van der Waals surface area contributed by atoms with Gasteiger partial charge < -0.3 is 10.2 Å². The summed E-state index contributed by atoms with van der Waals surface area (Å²) in [5.41, 5.74) is 0. The fraction of sp³-hybridized carbons (Fsp3) is 0. The van der Waals surface area contributed by atoms with Gasteiger partial charge in [0, 0.05) is 0 Å². The first-order valence-corrected chi connectivity index (χ1v) is 1.11. The summed E-state index contributed by atoms with van der Waals surface area (Å²) in [5, 5.41) is 14.8. The van der Waals surface area contributed by atoms with E-state index in [1.807, 2.05) is 0 Å². The molecule has 0 heterocycles. The van der Waals surface area contributed by atoms with Crippen molar-refractivity contribution in [3.63, 3.8) is 0 Å². The Morgan fingerprint density at radius 1 is 0.875 bits per heavy atom. The molecule has 0 atom stereocenters. The maximum absolute atomic E-state index is 9.10. The van der Waals surface area contributed by atoms with Crippen LogP contribution in [0.1, 0.15) is 0 Å². The summed E-state index contributed by atoms with van der Waals surface area (Å²) in [5.74, 6) is -3.65. The van der Waals surface area contributed by atoms with Crippen molar-refractivity contribution in [2.45, 2.75) is 0 Å². The number of carboxylic acid groups (broad SMARTS) is 2. The molecular formula is C2H4K2O4. The van der Waals surface area contributed by atoms with Crippen molar-refractivity contribution < 1.29 is 19.8 Å². The van der Waals surface area contributed by atoms with Crippen LogP contribution in [-0.4, -0.2) is 125 Å². The normalized spacial score (nSPS) is 5.50. The van der Waals surface area contributed by atoms with Crippen LogP contribution >= 0.6 is 0 Å². The second-order valence-corrected chi connectivity index (χ2v) is 0.610. The summed E-state index contributed by atoms with van der Waals surface area (Å²) in [6, 6.07) is 0. The molecule has 0 radical (unpaired) electrons. The van der Waals surface area contributed by atoms with Crippen LogP contribution in [-0.2, 0) is 9.59 Å². The molecule has 0 aliphatic heterocycles. The van der Waals surface area contributed by atoms with Gasteiger partial charge in [0.15, 0.2) is 0 Å². The zero-order valence-corrected chi connectivity index (χ0v) is 2.71. The molecule has 0 saturated heterocycles. The van der Waals surface area contributed by atoms with Crippen molar-refractivity contribution in [1.29, 1.82) is 0 Å². The summed E-state index contributed by atoms with van der Waals surface area (Å²) in [7, 11) is 0. The molecule has 0 aromatic heterocycles. The maximum atomic E-state index is 9.10. The van der Waals surface area contributed by atoms with E-state index in [9.17, 15) is 0 Å². The van der Waals surface area contributed by atoms with Gasteiger partial charge in [0.2, 0.25) is 0 Å². The molecule has 8 heavy (non-hydrogen) atoms. The van der Waals surface area contributed by atoms with Gasteiger partial charge in [0.1, 0.15) is 0 Å². The van der Waals surface area contributed by atoms with Gasteiger partial charge in [-0.1, -0.05) is 0 Å². The van der Waals surface area contributed by atoms with Crippen molar-refractivity contribution in [2.24, 2.45) is 0 Å². The van der Waals surface area contributed by atoms with Crippen LogP contribution in [0.15, 0.2) is 0 Å². The van der Waals surface area contributed by atoms with Crippen LogP contribution < -0.4 is 0 Å². The standard InChI is InChI=1S/C2H2O4.2K.2H/c3-1(4)2(5)6;;;;/h(H,3,4)(H,5,6);;;;. The van der Waals surface area contributed by atoms with Gasteiger partial charge in [-0.2, -0.15) is 0 Å². The van der Waals surface area contributed by atoms with Crippen molar-refractivity contribution in [1.82, 2.24) is 0 Å². The van der Waals surface area contributed by atoms with Gasteiger partial charge in [0.25, 0.3) is 0 Å². The number of hydrogen-bond acceptors (Lipinski definition) is 2. The predicted octanol–water partition coefficient (Wildman–Crippen LogP) is -2.14. The Morgan fingerprint density at radius 3 is 1.00 bits per heavy atom. The first kappa shape index (κ1) is 16.7. The molecule has 4 nitrogen and oxygen atoms in total. The zero-order valence-electron chi connectivity index (χ0n) is 2.71. The van der Waals surface area contributed by atoms with Crippen LogP contribution in [0.3, 0.4) is 0 Å². The molecule has 0 aromatic carbocycles. The Morgan fingerprint density at radius 2 is 1.00 bits per heavy atom. The topological polar surface area (TPSA) is 74.6 Å². The molecule has 0 fully saturated rings. The Labute approximate surface area is 131 Å². The van der Waals surface area contributed by atoms with Gasteiger partial charge in [-0.25, -0.2) is 9.59 Å². The number of aliphatic carboxylic acids is 2. The molecule has 6 heteroatoms. The molecule has 0 saturated carbocycles. The van der Waals surface area contributed by atoms with Crippen LogP contribution in [0.5, 0.6) is 0 Å². The third kappa shape index (κ3) is 11.1. The average Bonchev–Trinajstić information content (AvgIpc) is 1.36. The summed E-state index contributed by atoms with van der Waals surface area (Å²) in [6.45, 7) is 0. The van der Waals surface area contributed by atoms with Crippen LogP contribution in [0, 0.1) is 0 Å². The molecule has 0 amide bonds. The first-order chi connectivity index (χ1) is 2.64. The Balaban J connectivity index is -0.000000125. The van der Waals surface area contributed by atoms with Crippen LogP contribution in [0.4, 0.5) is 0 Å². The number of hydrogen-bond donors (Lipinski definition) is 2. The van der Waals surface area contributed by atoms with Crippen molar-refractivity contribution in [3.8, 4) is 0 Å². The molecular weight excluding hydrogens is 166 g/mol. The Hall–Kier alpha value is 2.21. The molecule has 2 N–H and O–H groups in total. The third-order valence-corrected chi connectivity index (χ3v) is 0.183. The number of carboxylic acids is 2. The summed E-state index contributed by atoms with van der Waals surface area (Å²) < 4.78 is 0. The van der Waals surface area contributed by atoms with E-state index >= 15 is 0 Å². The summed E-state index contributed by atoms with van der Waals surface area (Å²) in [4.78, 5) is 18.2. The van der Waals surface area contributed by atoms with Gasteiger partial charge in [-0.3, -0.25) is 0 Å². The van der Waals surface area contributed by atoms with E-state index in [1.54, 1.807) is 0 Å². The van der Waals surface area contributed by atoms with E-state index in [0.717, 1.165) is 0 Å². The van der Waals surface area contributed by atoms with Crippen molar-refractivity contribution >= 4 is 115 Å². The quantitative estimate of drug-likeness (QED) is 0.321. The van der Waals surface area contributed by atoms with Gasteiger partial charge in [-0.15, -0.1) is 0 Å². The average molecular weight is 170 g/mol. The fourth-order valence-electron chi connectivity index (χ4n) is 0. The van der Waals surface area contributed by atoms with E-state index < -0.39 is 11.9 Å². The Bertz CT molecular complexity index is 78.0. The SMILES string of the molecule is O=C(O)C(=O)O.[KH].[KH]. The molecule has 0 unspecified atom stereocenters. The van der Waals surface area contributed by atoms with E-state index in [4.69, 9.17) is 19.8 Å². The van der Waals surface area contributed by atoms with E-state index in [0.29, 0.717) is 0 Å². The van der Waals surface area contributed by atoms with E-state index in [1.165, 1.54) is 0 Å². The molecule has 0 aromatic rings.